The van der Waals surface area contributed by atoms with Crippen molar-refractivity contribution < 1.29 is 9.59 Å². The Balaban J connectivity index is 2.25. The SMILES string of the molecule is CCC1(CC)NC(=O)C(C)(C)N(CCc2cccs2)C1=O. The molecule has 116 valence electrons. The lowest BCUT2D eigenvalue weighted by Crippen LogP contribution is -2.74. The molecule has 0 atom stereocenters. The van der Waals surface area contributed by atoms with Crippen molar-refractivity contribution in [1.29, 1.82) is 0 Å². The summed E-state index contributed by atoms with van der Waals surface area (Å²) >= 11 is 1.69. The lowest BCUT2D eigenvalue weighted by Gasteiger charge is -2.49. The first kappa shape index (κ1) is 16.0. The summed E-state index contributed by atoms with van der Waals surface area (Å²) in [5, 5.41) is 5.00. The molecule has 1 aliphatic heterocycles. The molecule has 0 radical (unpaired) electrons. The third-order valence-electron chi connectivity index (χ3n) is 4.61. The summed E-state index contributed by atoms with van der Waals surface area (Å²) < 4.78 is 0. The Morgan fingerprint density at radius 3 is 2.43 bits per heavy atom. The Morgan fingerprint density at radius 2 is 1.90 bits per heavy atom. The van der Waals surface area contributed by atoms with Gasteiger partial charge >= 0.3 is 0 Å². The largest absolute Gasteiger partial charge is 0.340 e. The minimum Gasteiger partial charge on any atom is -0.340 e. The van der Waals surface area contributed by atoms with Crippen LogP contribution in [-0.2, 0) is 16.0 Å². The topological polar surface area (TPSA) is 49.4 Å². The number of thiophene rings is 1. The summed E-state index contributed by atoms with van der Waals surface area (Å²) in [6.07, 6.45) is 2.04. The zero-order valence-corrected chi connectivity index (χ0v) is 14.0. The molecule has 2 rings (SSSR count). The number of carbonyl (C=O) groups is 2. The van der Waals surface area contributed by atoms with Crippen LogP contribution in [0.5, 0.6) is 0 Å². The minimum atomic E-state index is -0.790. The van der Waals surface area contributed by atoms with E-state index in [0.29, 0.717) is 19.4 Å². The lowest BCUT2D eigenvalue weighted by atomic mass is 9.83. The van der Waals surface area contributed by atoms with Gasteiger partial charge < -0.3 is 10.2 Å². The van der Waals surface area contributed by atoms with Crippen molar-refractivity contribution >= 4 is 23.2 Å². The van der Waals surface area contributed by atoms with Crippen molar-refractivity contribution in [2.24, 2.45) is 0 Å². The molecule has 0 bridgehead atoms. The zero-order valence-electron chi connectivity index (χ0n) is 13.2. The molecule has 2 amide bonds. The first-order chi connectivity index (χ1) is 9.87. The van der Waals surface area contributed by atoms with Crippen molar-refractivity contribution in [3.8, 4) is 0 Å². The van der Waals surface area contributed by atoms with Crippen LogP contribution in [-0.4, -0.2) is 34.3 Å². The van der Waals surface area contributed by atoms with E-state index in [0.717, 1.165) is 6.42 Å². The maximum Gasteiger partial charge on any atom is 0.249 e. The molecule has 0 unspecified atom stereocenters. The van der Waals surface area contributed by atoms with Gasteiger partial charge in [-0.2, -0.15) is 0 Å². The third kappa shape index (κ3) is 2.71. The number of nitrogens with one attached hydrogen (secondary N) is 1. The minimum absolute atomic E-state index is 0.0497. The monoisotopic (exact) mass is 308 g/mol. The van der Waals surface area contributed by atoms with Crippen molar-refractivity contribution in [2.45, 2.75) is 58.0 Å². The molecular formula is C16H24N2O2S. The standard InChI is InChI=1S/C16H24N2O2S/c1-5-16(6-2)14(20)18(15(3,4)13(19)17-16)10-9-12-8-7-11-21-12/h7-8,11H,5-6,9-10H2,1-4H3,(H,17,19). The molecule has 5 heteroatoms. The molecule has 0 aliphatic carbocycles. The molecule has 1 fully saturated rings. The molecule has 1 aliphatic rings. The second-order valence-electron chi connectivity index (χ2n) is 6.09. The summed E-state index contributed by atoms with van der Waals surface area (Å²) in [7, 11) is 0. The maximum absolute atomic E-state index is 12.9. The van der Waals surface area contributed by atoms with E-state index in [2.05, 4.69) is 11.4 Å². The molecule has 1 N–H and O–H groups in total. The fraction of sp³-hybridized carbons (Fsp3) is 0.625. The van der Waals surface area contributed by atoms with Crippen LogP contribution in [0.15, 0.2) is 17.5 Å². The smallest absolute Gasteiger partial charge is 0.249 e. The molecule has 1 aromatic heterocycles. The number of nitrogens with zero attached hydrogens (tertiary/aromatic N) is 1. The van der Waals surface area contributed by atoms with Crippen molar-refractivity contribution in [3.05, 3.63) is 22.4 Å². The average Bonchev–Trinajstić information content (AvgIpc) is 2.96. The van der Waals surface area contributed by atoms with E-state index < -0.39 is 11.1 Å². The second-order valence-corrected chi connectivity index (χ2v) is 7.12. The zero-order chi connectivity index (χ0) is 15.7. The van der Waals surface area contributed by atoms with Gasteiger partial charge in [-0.25, -0.2) is 0 Å². The number of hydrogen-bond acceptors (Lipinski definition) is 3. The van der Waals surface area contributed by atoms with E-state index in [1.807, 2.05) is 39.1 Å². The summed E-state index contributed by atoms with van der Waals surface area (Å²) in [5.41, 5.74) is -1.52. The van der Waals surface area contributed by atoms with Crippen molar-refractivity contribution in [3.63, 3.8) is 0 Å². The van der Waals surface area contributed by atoms with Crippen molar-refractivity contribution in [2.75, 3.05) is 6.54 Å². The van der Waals surface area contributed by atoms with Crippen LogP contribution in [0.2, 0.25) is 0 Å². The Hall–Kier alpha value is -1.36. The highest BCUT2D eigenvalue weighted by molar-refractivity contribution is 7.09. The van der Waals surface area contributed by atoms with Gasteiger partial charge in [0, 0.05) is 11.4 Å². The highest BCUT2D eigenvalue weighted by Crippen LogP contribution is 2.30. The summed E-state index contributed by atoms with van der Waals surface area (Å²) in [6.45, 7) is 8.14. The normalized spacial score (nSPS) is 20.5. The number of amides is 2. The Kier molecular flexibility index (Phi) is 4.42. The van der Waals surface area contributed by atoms with Crippen LogP contribution in [0.1, 0.15) is 45.4 Å². The second kappa shape index (κ2) is 5.79. The molecule has 0 spiro atoms. The van der Waals surface area contributed by atoms with Gasteiger partial charge in [-0.3, -0.25) is 9.59 Å². The number of rotatable bonds is 5. The van der Waals surface area contributed by atoms with Crippen molar-refractivity contribution in [1.82, 2.24) is 10.2 Å². The third-order valence-corrected chi connectivity index (χ3v) is 5.54. The van der Waals surface area contributed by atoms with Gasteiger partial charge in [0.05, 0.1) is 0 Å². The highest BCUT2D eigenvalue weighted by Gasteiger charge is 2.52. The van der Waals surface area contributed by atoms with Crippen LogP contribution in [0, 0.1) is 0 Å². The number of piperazine rings is 1. The molecule has 1 saturated heterocycles. The Morgan fingerprint density at radius 1 is 1.24 bits per heavy atom. The molecule has 21 heavy (non-hydrogen) atoms. The van der Waals surface area contributed by atoms with E-state index >= 15 is 0 Å². The van der Waals surface area contributed by atoms with Gasteiger partial charge in [0.2, 0.25) is 11.8 Å². The van der Waals surface area contributed by atoms with Gasteiger partial charge in [0.1, 0.15) is 11.1 Å². The van der Waals surface area contributed by atoms with Gasteiger partial charge in [0.15, 0.2) is 0 Å². The van der Waals surface area contributed by atoms with E-state index in [9.17, 15) is 9.59 Å². The van der Waals surface area contributed by atoms with Crippen LogP contribution in [0.3, 0.4) is 0 Å². The van der Waals surface area contributed by atoms with Crippen LogP contribution < -0.4 is 5.32 Å². The highest BCUT2D eigenvalue weighted by atomic mass is 32.1. The number of hydrogen-bond donors (Lipinski definition) is 1. The van der Waals surface area contributed by atoms with Crippen LogP contribution >= 0.6 is 11.3 Å². The fourth-order valence-corrected chi connectivity index (χ4v) is 3.54. The molecule has 1 aromatic rings. The first-order valence-electron chi connectivity index (χ1n) is 7.54. The maximum atomic E-state index is 12.9. The molecule has 4 nitrogen and oxygen atoms in total. The summed E-state index contributed by atoms with van der Waals surface area (Å²) in [4.78, 5) is 28.4. The predicted octanol–water partition coefficient (Wildman–Crippen LogP) is 2.59. The van der Waals surface area contributed by atoms with Gasteiger partial charge in [-0.05, 0) is 44.6 Å². The fourth-order valence-electron chi connectivity index (χ4n) is 2.85. The first-order valence-corrected chi connectivity index (χ1v) is 8.42. The quantitative estimate of drug-likeness (QED) is 0.909. The molecule has 0 saturated carbocycles. The van der Waals surface area contributed by atoms with Gasteiger partial charge in [0.25, 0.3) is 0 Å². The van der Waals surface area contributed by atoms with Gasteiger partial charge in [-0.15, -0.1) is 11.3 Å². The molecule has 2 heterocycles. The average molecular weight is 308 g/mol. The van der Waals surface area contributed by atoms with E-state index in [1.165, 1.54) is 4.88 Å². The Labute approximate surface area is 130 Å². The molecule has 0 aromatic carbocycles. The summed E-state index contributed by atoms with van der Waals surface area (Å²) in [5.74, 6) is -0.00867. The summed E-state index contributed by atoms with van der Waals surface area (Å²) in [6, 6.07) is 4.08. The van der Waals surface area contributed by atoms with E-state index in [-0.39, 0.29) is 11.8 Å². The lowest BCUT2D eigenvalue weighted by molar-refractivity contribution is -0.161. The van der Waals surface area contributed by atoms with E-state index in [1.54, 1.807) is 16.2 Å². The Bertz CT molecular complexity index is 518. The molecular weight excluding hydrogens is 284 g/mol. The van der Waals surface area contributed by atoms with Crippen LogP contribution in [0.4, 0.5) is 0 Å². The predicted molar refractivity (Wildman–Crippen MR) is 85.3 cm³/mol. The van der Waals surface area contributed by atoms with E-state index in [4.69, 9.17) is 0 Å². The number of carbonyl (C=O) groups excluding carboxylic acids is 2. The van der Waals surface area contributed by atoms with Gasteiger partial charge in [-0.1, -0.05) is 19.9 Å². The van der Waals surface area contributed by atoms with Crippen LogP contribution in [0.25, 0.3) is 0 Å².